The molecule has 0 aliphatic carbocycles. The van der Waals surface area contributed by atoms with E-state index in [0.29, 0.717) is 24.2 Å². The standard InChI is InChI=1S/2C15H23N3O2.HN3.2Zn/c2*1-18(2,3)11-7-5-9-14(15(19)20)17-12-13-8-4-6-10-16-13;1-3-2;;/h2*4,6,8,10,12,14H,5,7,9,11H2,1-3H3;1H;;/q;;;2*+2/p+2. The maximum absolute atomic E-state index is 11.2. The Morgan fingerprint density at radius 3 is 1.36 bits per heavy atom. The number of aliphatic imine (C=N–C) groups is 2. The van der Waals surface area contributed by atoms with Crippen molar-refractivity contribution in [3.05, 3.63) is 70.6 Å². The molecule has 15 heteroatoms. The van der Waals surface area contributed by atoms with Crippen LogP contribution in [0, 0.1) is 5.53 Å². The van der Waals surface area contributed by atoms with Gasteiger partial charge in [0.15, 0.2) is 0 Å². The summed E-state index contributed by atoms with van der Waals surface area (Å²) in [6, 6.07) is 9.59. The van der Waals surface area contributed by atoms with Crippen molar-refractivity contribution in [2.24, 2.45) is 9.98 Å². The zero-order valence-electron chi connectivity index (χ0n) is 27.8. The number of carboxylic acids is 2. The van der Waals surface area contributed by atoms with Gasteiger partial charge in [-0.3, -0.25) is 20.0 Å². The third-order valence-electron chi connectivity index (χ3n) is 5.83. The molecule has 3 N–H and O–H groups in total. The largest absolute Gasteiger partial charge is 2.00 e. The van der Waals surface area contributed by atoms with Crippen molar-refractivity contribution in [2.45, 2.75) is 50.6 Å². The monoisotopic (exact) mass is 727 g/mol. The predicted octanol–water partition coefficient (Wildman–Crippen LogP) is 4.53. The van der Waals surface area contributed by atoms with Gasteiger partial charge in [0.1, 0.15) is 12.1 Å². The molecule has 2 aromatic heterocycles. The van der Waals surface area contributed by atoms with Crippen LogP contribution in [-0.4, -0.2) is 121 Å². The molecule has 0 amide bonds. The van der Waals surface area contributed by atoms with Gasteiger partial charge in [-0.15, -0.1) is 5.53 Å². The van der Waals surface area contributed by atoms with Crippen LogP contribution in [0.4, 0.5) is 0 Å². The van der Waals surface area contributed by atoms with Crippen LogP contribution in [0.3, 0.4) is 0 Å². The minimum absolute atomic E-state index is 0. The second-order valence-electron chi connectivity index (χ2n) is 11.9. The molecule has 0 bridgehead atoms. The maximum Gasteiger partial charge on any atom is 2.00 e. The molecule has 0 saturated heterocycles. The topological polar surface area (TPSA) is 185 Å². The van der Waals surface area contributed by atoms with Crippen LogP contribution in [0.1, 0.15) is 49.9 Å². The molecule has 0 fully saturated rings. The van der Waals surface area contributed by atoms with Gasteiger partial charge in [0.05, 0.1) is 66.8 Å². The summed E-state index contributed by atoms with van der Waals surface area (Å²) in [5.41, 5.74) is 13.6. The van der Waals surface area contributed by atoms with Crippen LogP contribution in [0.2, 0.25) is 0 Å². The first-order valence-electron chi connectivity index (χ1n) is 14.1. The van der Waals surface area contributed by atoms with Crippen LogP contribution < -0.4 is 0 Å². The number of aliphatic carboxylic acids is 2. The Hall–Kier alpha value is -2.94. The zero-order valence-corrected chi connectivity index (χ0v) is 33.7. The molecular formula is C30H49N9O4Zn2+6. The average Bonchev–Trinajstić information content (AvgIpc) is 2.92. The number of carbonyl (C=O) groups is 2. The summed E-state index contributed by atoms with van der Waals surface area (Å²) in [6.45, 7) is 2.08. The molecular weight excluding hydrogens is 681 g/mol. The van der Waals surface area contributed by atoms with Gasteiger partial charge in [0, 0.05) is 24.8 Å². The van der Waals surface area contributed by atoms with Gasteiger partial charge in [0.2, 0.25) is 0 Å². The fourth-order valence-corrected chi connectivity index (χ4v) is 3.61. The SMILES string of the molecule is C[N+](C)(C)CCCCC(N=Cc1ccccn1)C(=O)O.C[N+](C)(C)CCCCC(N=Cc1ccccn1)C(=O)O.[N-]=[N+]=N.[Zn+2].[Zn+2]. The van der Waals surface area contributed by atoms with Crippen LogP contribution in [0.25, 0.3) is 10.4 Å². The Morgan fingerprint density at radius 1 is 0.778 bits per heavy atom. The predicted molar refractivity (Wildman–Crippen MR) is 169 cm³/mol. The van der Waals surface area contributed by atoms with Crippen molar-refractivity contribution < 1.29 is 67.7 Å². The number of quaternary nitrogens is 2. The smallest absolute Gasteiger partial charge is 0.480 e. The fraction of sp³-hybridized carbons (Fsp3) is 0.533. The molecule has 2 heterocycles. The van der Waals surface area contributed by atoms with Gasteiger partial charge in [0.25, 0.3) is 0 Å². The van der Waals surface area contributed by atoms with Gasteiger partial charge >= 0.3 is 50.9 Å². The number of nitrogens with zero attached hydrogens (tertiary/aromatic N) is 8. The number of hydrogen-bond acceptors (Lipinski definition) is 7. The Balaban J connectivity index is -0.000000692. The van der Waals surface area contributed by atoms with Gasteiger partial charge in [-0.05, 0) is 73.2 Å². The molecule has 0 radical (unpaired) electrons. The summed E-state index contributed by atoms with van der Waals surface area (Å²) in [6.07, 6.45) is 11.3. The number of aromatic nitrogens is 2. The van der Waals surface area contributed by atoms with E-state index in [-0.39, 0.29) is 39.0 Å². The number of nitrogens with one attached hydrogen (secondary N) is 1. The van der Waals surface area contributed by atoms with Crippen LogP contribution in [0.15, 0.2) is 58.8 Å². The van der Waals surface area contributed by atoms with Crippen LogP contribution in [0.5, 0.6) is 0 Å². The molecule has 0 spiro atoms. The number of rotatable bonds is 16. The van der Waals surface area contributed by atoms with Gasteiger partial charge in [-0.25, -0.2) is 9.59 Å². The number of unbranched alkanes of at least 4 members (excludes halogenated alkanes) is 2. The molecule has 0 aliphatic heterocycles. The summed E-state index contributed by atoms with van der Waals surface area (Å²) < 4.78 is 1.80. The van der Waals surface area contributed by atoms with E-state index < -0.39 is 24.0 Å². The first kappa shape index (κ1) is 46.5. The molecule has 2 unspecified atom stereocenters. The van der Waals surface area contributed by atoms with E-state index in [0.717, 1.165) is 47.7 Å². The third-order valence-corrected chi connectivity index (χ3v) is 5.83. The first-order chi connectivity index (χ1) is 20.2. The summed E-state index contributed by atoms with van der Waals surface area (Å²) in [7, 11) is 12.8. The van der Waals surface area contributed by atoms with E-state index in [4.69, 9.17) is 11.1 Å². The quantitative estimate of drug-likeness (QED) is 0.0433. The second-order valence-corrected chi connectivity index (χ2v) is 11.9. The van der Waals surface area contributed by atoms with Crippen molar-refractivity contribution in [1.29, 1.82) is 5.53 Å². The van der Waals surface area contributed by atoms with Gasteiger partial charge in [-0.2, -0.15) is 0 Å². The van der Waals surface area contributed by atoms with Crippen molar-refractivity contribution in [2.75, 3.05) is 55.4 Å². The Morgan fingerprint density at radius 2 is 1.11 bits per heavy atom. The second kappa shape index (κ2) is 26.3. The molecule has 45 heavy (non-hydrogen) atoms. The fourth-order valence-electron chi connectivity index (χ4n) is 3.61. The Labute approximate surface area is 293 Å². The molecule has 0 aromatic carbocycles. The van der Waals surface area contributed by atoms with E-state index in [1.54, 1.807) is 41.9 Å². The normalized spacial score (nSPS) is 12.2. The number of carboxylic acid groups (broad SMARTS) is 2. The minimum Gasteiger partial charge on any atom is -0.480 e. The summed E-state index contributed by atoms with van der Waals surface area (Å²) in [5, 5.41) is 18.3. The third kappa shape index (κ3) is 28.3. The van der Waals surface area contributed by atoms with Gasteiger partial charge < -0.3 is 19.2 Å². The van der Waals surface area contributed by atoms with Crippen LogP contribution >= 0.6 is 0 Å². The molecule has 236 valence electrons. The molecule has 2 rings (SSSR count). The molecule has 0 saturated carbocycles. The summed E-state index contributed by atoms with van der Waals surface area (Å²) >= 11 is 0. The Kier molecular flexibility index (Phi) is 27.2. The number of hydrogen-bond donors (Lipinski definition) is 3. The molecule has 2 aromatic rings. The van der Waals surface area contributed by atoms with E-state index in [9.17, 15) is 19.8 Å². The van der Waals surface area contributed by atoms with E-state index in [1.165, 1.54) is 0 Å². The summed E-state index contributed by atoms with van der Waals surface area (Å²) in [4.78, 5) is 40.6. The van der Waals surface area contributed by atoms with Crippen LogP contribution in [-0.2, 0) is 48.5 Å². The van der Waals surface area contributed by atoms with Crippen molar-refractivity contribution in [1.82, 2.24) is 9.97 Å². The molecule has 13 nitrogen and oxygen atoms in total. The first-order valence-corrected chi connectivity index (χ1v) is 14.1. The van der Waals surface area contributed by atoms with E-state index in [1.807, 2.05) is 24.3 Å². The summed E-state index contributed by atoms with van der Waals surface area (Å²) in [5.74, 6) is -1.75. The van der Waals surface area contributed by atoms with Crippen molar-refractivity contribution in [3.8, 4) is 0 Å². The average molecular weight is 731 g/mol. The Bertz CT molecular complexity index is 1070. The molecule has 0 aliphatic rings. The van der Waals surface area contributed by atoms with Gasteiger partial charge in [-0.1, -0.05) is 12.1 Å². The van der Waals surface area contributed by atoms with E-state index >= 15 is 0 Å². The van der Waals surface area contributed by atoms with E-state index in [2.05, 4.69) is 62.2 Å². The maximum atomic E-state index is 11.2. The van der Waals surface area contributed by atoms with Crippen molar-refractivity contribution >= 4 is 24.4 Å². The van der Waals surface area contributed by atoms with Crippen molar-refractivity contribution in [3.63, 3.8) is 0 Å². The number of pyridine rings is 2. The molecule has 2 atom stereocenters. The minimum atomic E-state index is -0.873. The zero-order chi connectivity index (χ0) is 32.7.